The minimum Gasteiger partial charge on any atom is -0.347 e. The number of nitrogens with two attached hydrogens (primary N) is 1. The van der Waals surface area contributed by atoms with Gasteiger partial charge in [0, 0.05) is 50.1 Å². The van der Waals surface area contributed by atoms with Crippen molar-refractivity contribution in [3.63, 3.8) is 0 Å². The fourth-order valence-corrected chi connectivity index (χ4v) is 2.99. The largest absolute Gasteiger partial charge is 0.347 e. The van der Waals surface area contributed by atoms with Crippen LogP contribution in [0.15, 0.2) is 18.2 Å². The van der Waals surface area contributed by atoms with Crippen LogP contribution in [-0.2, 0) is 22.6 Å². The van der Waals surface area contributed by atoms with E-state index in [0.717, 1.165) is 31.5 Å². The van der Waals surface area contributed by atoms with Gasteiger partial charge in [-0.1, -0.05) is 18.2 Å². The molecule has 2 fully saturated rings. The third-order valence-corrected chi connectivity index (χ3v) is 4.20. The molecule has 20 heavy (non-hydrogen) atoms. The molecule has 0 atom stereocenters. The second-order valence-corrected chi connectivity index (χ2v) is 5.48. The van der Waals surface area contributed by atoms with Gasteiger partial charge in [0.1, 0.15) is 5.82 Å². The Labute approximate surface area is 118 Å². The van der Waals surface area contributed by atoms with Gasteiger partial charge in [-0.2, -0.15) is 0 Å². The topological polar surface area (TPSA) is 47.7 Å². The van der Waals surface area contributed by atoms with E-state index in [1.807, 2.05) is 12.1 Å². The van der Waals surface area contributed by atoms with Crippen LogP contribution in [0.25, 0.3) is 0 Å². The number of rotatable bonds is 3. The minimum absolute atomic E-state index is 0.163. The van der Waals surface area contributed by atoms with Gasteiger partial charge in [0.15, 0.2) is 5.79 Å². The molecule has 2 heterocycles. The second kappa shape index (κ2) is 5.77. The molecule has 4 nitrogen and oxygen atoms in total. The van der Waals surface area contributed by atoms with E-state index in [0.29, 0.717) is 25.3 Å². The van der Waals surface area contributed by atoms with E-state index in [1.54, 1.807) is 6.07 Å². The number of halogens is 1. The molecule has 0 bridgehead atoms. The van der Waals surface area contributed by atoms with Gasteiger partial charge >= 0.3 is 0 Å². The molecule has 110 valence electrons. The third kappa shape index (κ3) is 2.72. The molecule has 2 aliphatic heterocycles. The van der Waals surface area contributed by atoms with Crippen molar-refractivity contribution in [2.75, 3.05) is 26.3 Å². The summed E-state index contributed by atoms with van der Waals surface area (Å²) in [5.41, 5.74) is 6.85. The predicted molar refractivity (Wildman–Crippen MR) is 73.4 cm³/mol. The second-order valence-electron chi connectivity index (χ2n) is 5.48. The van der Waals surface area contributed by atoms with Crippen molar-refractivity contribution >= 4 is 0 Å². The first-order chi connectivity index (χ1) is 9.72. The van der Waals surface area contributed by atoms with Crippen LogP contribution in [0.3, 0.4) is 0 Å². The van der Waals surface area contributed by atoms with E-state index < -0.39 is 0 Å². The maximum absolute atomic E-state index is 14.2. The lowest BCUT2D eigenvalue weighted by Crippen LogP contribution is -2.44. The van der Waals surface area contributed by atoms with E-state index in [4.69, 9.17) is 15.2 Å². The molecule has 5 heteroatoms. The Morgan fingerprint density at radius 2 is 1.80 bits per heavy atom. The SMILES string of the molecule is NCc1cccc(CN2CCC3(CC2)OCCO3)c1F. The molecular weight excluding hydrogens is 259 g/mol. The van der Waals surface area contributed by atoms with E-state index in [9.17, 15) is 4.39 Å². The Kier molecular flexibility index (Phi) is 4.03. The zero-order chi connectivity index (χ0) is 14.0. The van der Waals surface area contributed by atoms with Crippen molar-refractivity contribution in [1.82, 2.24) is 4.90 Å². The number of hydrogen-bond acceptors (Lipinski definition) is 4. The van der Waals surface area contributed by atoms with Crippen LogP contribution in [0.2, 0.25) is 0 Å². The molecule has 2 aliphatic rings. The van der Waals surface area contributed by atoms with Crippen LogP contribution in [0.4, 0.5) is 4.39 Å². The Balaban J connectivity index is 1.62. The highest BCUT2D eigenvalue weighted by molar-refractivity contribution is 5.25. The van der Waals surface area contributed by atoms with Gasteiger partial charge in [-0.05, 0) is 0 Å². The average Bonchev–Trinajstić information content (AvgIpc) is 2.92. The quantitative estimate of drug-likeness (QED) is 0.914. The van der Waals surface area contributed by atoms with Crippen molar-refractivity contribution in [3.05, 3.63) is 35.1 Å². The molecular formula is C15H21FN2O2. The highest BCUT2D eigenvalue weighted by Gasteiger charge is 2.39. The van der Waals surface area contributed by atoms with Gasteiger partial charge in [-0.15, -0.1) is 0 Å². The number of likely N-dealkylation sites (tertiary alicyclic amines) is 1. The first-order valence-corrected chi connectivity index (χ1v) is 7.19. The molecule has 1 spiro atoms. The van der Waals surface area contributed by atoms with Gasteiger partial charge in [-0.3, -0.25) is 4.90 Å². The molecule has 2 saturated heterocycles. The normalized spacial score (nSPS) is 22.5. The van der Waals surface area contributed by atoms with E-state index >= 15 is 0 Å². The number of piperidine rings is 1. The summed E-state index contributed by atoms with van der Waals surface area (Å²) in [6.07, 6.45) is 1.70. The molecule has 1 aromatic rings. The van der Waals surface area contributed by atoms with Crippen LogP contribution < -0.4 is 5.73 Å². The number of benzene rings is 1. The van der Waals surface area contributed by atoms with E-state index in [2.05, 4.69) is 4.90 Å². The Morgan fingerprint density at radius 3 is 2.45 bits per heavy atom. The first-order valence-electron chi connectivity index (χ1n) is 7.19. The smallest absolute Gasteiger partial charge is 0.170 e. The maximum atomic E-state index is 14.2. The highest BCUT2D eigenvalue weighted by Crippen LogP contribution is 2.31. The Bertz CT molecular complexity index is 465. The first kappa shape index (κ1) is 13.9. The summed E-state index contributed by atoms with van der Waals surface area (Å²) in [6.45, 7) is 3.97. The molecule has 1 aromatic carbocycles. The summed E-state index contributed by atoms with van der Waals surface area (Å²) < 4.78 is 25.6. The van der Waals surface area contributed by atoms with Gasteiger partial charge < -0.3 is 15.2 Å². The summed E-state index contributed by atoms with van der Waals surface area (Å²) in [5, 5.41) is 0. The van der Waals surface area contributed by atoms with Gasteiger partial charge in [0.25, 0.3) is 0 Å². The molecule has 0 saturated carbocycles. The third-order valence-electron chi connectivity index (χ3n) is 4.20. The lowest BCUT2D eigenvalue weighted by Gasteiger charge is -2.37. The fraction of sp³-hybridized carbons (Fsp3) is 0.600. The summed E-state index contributed by atoms with van der Waals surface area (Å²) in [4.78, 5) is 2.25. The lowest BCUT2D eigenvalue weighted by molar-refractivity contribution is -0.185. The van der Waals surface area contributed by atoms with Gasteiger partial charge in [0.05, 0.1) is 13.2 Å². The summed E-state index contributed by atoms with van der Waals surface area (Å²) in [7, 11) is 0. The number of nitrogens with zero attached hydrogens (tertiary/aromatic N) is 1. The molecule has 0 radical (unpaired) electrons. The maximum Gasteiger partial charge on any atom is 0.170 e. The van der Waals surface area contributed by atoms with Crippen LogP contribution in [-0.4, -0.2) is 37.0 Å². The number of ether oxygens (including phenoxy) is 2. The van der Waals surface area contributed by atoms with Crippen LogP contribution in [0, 0.1) is 5.82 Å². The van der Waals surface area contributed by atoms with Crippen LogP contribution in [0.5, 0.6) is 0 Å². The Morgan fingerprint density at radius 1 is 1.15 bits per heavy atom. The van der Waals surface area contributed by atoms with Crippen molar-refractivity contribution < 1.29 is 13.9 Å². The van der Waals surface area contributed by atoms with Crippen LogP contribution in [0.1, 0.15) is 24.0 Å². The van der Waals surface area contributed by atoms with E-state index in [1.165, 1.54) is 0 Å². The van der Waals surface area contributed by atoms with Gasteiger partial charge in [-0.25, -0.2) is 4.39 Å². The molecule has 2 N–H and O–H groups in total. The predicted octanol–water partition coefficient (Wildman–Crippen LogP) is 1.62. The Hall–Kier alpha value is -1.01. The van der Waals surface area contributed by atoms with Crippen molar-refractivity contribution in [2.24, 2.45) is 5.73 Å². The molecule has 3 rings (SSSR count). The molecule has 0 aromatic heterocycles. The zero-order valence-corrected chi connectivity index (χ0v) is 11.6. The summed E-state index contributed by atoms with van der Waals surface area (Å²) >= 11 is 0. The van der Waals surface area contributed by atoms with E-state index in [-0.39, 0.29) is 18.1 Å². The fourth-order valence-electron chi connectivity index (χ4n) is 2.99. The minimum atomic E-state index is -0.367. The summed E-state index contributed by atoms with van der Waals surface area (Å²) in [5.74, 6) is -0.530. The monoisotopic (exact) mass is 280 g/mol. The van der Waals surface area contributed by atoms with Crippen molar-refractivity contribution in [1.29, 1.82) is 0 Å². The van der Waals surface area contributed by atoms with Crippen LogP contribution >= 0.6 is 0 Å². The van der Waals surface area contributed by atoms with Crippen molar-refractivity contribution in [3.8, 4) is 0 Å². The molecule has 0 unspecified atom stereocenters. The van der Waals surface area contributed by atoms with Crippen molar-refractivity contribution in [2.45, 2.75) is 31.7 Å². The summed E-state index contributed by atoms with van der Waals surface area (Å²) in [6, 6.07) is 5.45. The number of hydrogen-bond donors (Lipinski definition) is 1. The molecule has 0 aliphatic carbocycles. The van der Waals surface area contributed by atoms with Gasteiger partial charge in [0.2, 0.25) is 0 Å². The lowest BCUT2D eigenvalue weighted by atomic mass is 10.0. The standard InChI is InChI=1S/C15H21FN2O2/c16-14-12(10-17)2-1-3-13(14)11-18-6-4-15(5-7-18)19-8-9-20-15/h1-3H,4-11,17H2. The zero-order valence-electron chi connectivity index (χ0n) is 11.6. The molecule has 0 amide bonds. The average molecular weight is 280 g/mol. The highest BCUT2D eigenvalue weighted by atomic mass is 19.1.